The summed E-state index contributed by atoms with van der Waals surface area (Å²) in [5.41, 5.74) is 0.592. The number of rotatable bonds is 8. The predicted molar refractivity (Wildman–Crippen MR) is 117 cm³/mol. The summed E-state index contributed by atoms with van der Waals surface area (Å²) < 4.78 is 52.4. The van der Waals surface area contributed by atoms with Gasteiger partial charge < -0.3 is 9.47 Å². The van der Waals surface area contributed by atoms with Crippen LogP contribution >= 0.6 is 0 Å². The van der Waals surface area contributed by atoms with Crippen LogP contribution in [0.25, 0.3) is 0 Å². The lowest BCUT2D eigenvalue weighted by Gasteiger charge is -2.31. The second kappa shape index (κ2) is 9.23. The molecule has 0 aliphatic carbocycles. The molecule has 0 heterocycles. The number of halogens is 1. The molecule has 0 saturated carbocycles. The number of nitro groups is 1. The van der Waals surface area contributed by atoms with Gasteiger partial charge in [0, 0.05) is 12.1 Å². The molecule has 3 rings (SSSR count). The van der Waals surface area contributed by atoms with E-state index in [4.69, 9.17) is 9.47 Å². The second-order valence-corrected chi connectivity index (χ2v) is 8.63. The molecule has 1 atom stereocenters. The number of hydrogen-bond donors (Lipinski definition) is 0. The van der Waals surface area contributed by atoms with E-state index in [1.165, 1.54) is 38.5 Å². The van der Waals surface area contributed by atoms with Gasteiger partial charge in [-0.05, 0) is 61.0 Å². The molecule has 8 nitrogen and oxygen atoms in total. The average molecular weight is 460 g/mol. The van der Waals surface area contributed by atoms with E-state index in [1.54, 1.807) is 25.1 Å². The first-order valence-electron chi connectivity index (χ1n) is 9.45. The van der Waals surface area contributed by atoms with Gasteiger partial charge in [0.15, 0.2) is 11.5 Å². The highest BCUT2D eigenvalue weighted by Crippen LogP contribution is 2.37. The van der Waals surface area contributed by atoms with Crippen LogP contribution in [0.2, 0.25) is 0 Å². The highest BCUT2D eigenvalue weighted by atomic mass is 32.2. The number of non-ortho nitro benzene ring substituents is 1. The van der Waals surface area contributed by atoms with Crippen molar-refractivity contribution in [1.82, 2.24) is 0 Å². The summed E-state index contributed by atoms with van der Waals surface area (Å²) in [5.74, 6) is 0.388. The minimum Gasteiger partial charge on any atom is -0.493 e. The van der Waals surface area contributed by atoms with Gasteiger partial charge in [-0.25, -0.2) is 12.8 Å². The van der Waals surface area contributed by atoms with Gasteiger partial charge in [0.25, 0.3) is 15.7 Å². The maximum absolute atomic E-state index is 13.6. The fraction of sp³-hybridized carbons (Fsp3) is 0.182. The van der Waals surface area contributed by atoms with Gasteiger partial charge in [-0.2, -0.15) is 0 Å². The molecular formula is C22H21FN2O6S. The van der Waals surface area contributed by atoms with Crippen molar-refractivity contribution < 1.29 is 27.2 Å². The molecule has 0 N–H and O–H groups in total. The van der Waals surface area contributed by atoms with E-state index < -0.39 is 26.8 Å². The van der Waals surface area contributed by atoms with Gasteiger partial charge in [0.2, 0.25) is 0 Å². The molecule has 168 valence electrons. The zero-order valence-corrected chi connectivity index (χ0v) is 18.4. The first kappa shape index (κ1) is 23.0. The van der Waals surface area contributed by atoms with Crippen LogP contribution in [-0.4, -0.2) is 27.6 Å². The smallest absolute Gasteiger partial charge is 0.269 e. The fourth-order valence-corrected chi connectivity index (χ4v) is 4.90. The van der Waals surface area contributed by atoms with Crippen LogP contribution in [0.1, 0.15) is 18.5 Å². The molecule has 0 radical (unpaired) electrons. The van der Waals surface area contributed by atoms with Crippen molar-refractivity contribution in [2.45, 2.75) is 17.9 Å². The number of methoxy groups -OCH3 is 2. The molecule has 0 fully saturated rings. The maximum Gasteiger partial charge on any atom is 0.269 e. The molecule has 3 aromatic carbocycles. The predicted octanol–water partition coefficient (Wildman–Crippen LogP) is 4.71. The molecule has 0 unspecified atom stereocenters. The normalized spacial score (nSPS) is 12.1. The van der Waals surface area contributed by atoms with Crippen LogP contribution in [0.15, 0.2) is 71.6 Å². The molecule has 3 aromatic rings. The minimum absolute atomic E-state index is 0.139. The Kier molecular flexibility index (Phi) is 6.64. The molecule has 0 aromatic heterocycles. The van der Waals surface area contributed by atoms with E-state index in [2.05, 4.69) is 0 Å². The van der Waals surface area contributed by atoms with Gasteiger partial charge >= 0.3 is 0 Å². The van der Waals surface area contributed by atoms with E-state index in [-0.39, 0.29) is 16.3 Å². The first-order valence-corrected chi connectivity index (χ1v) is 10.9. The number of anilines is 1. The van der Waals surface area contributed by atoms with Crippen LogP contribution in [0.5, 0.6) is 11.5 Å². The third-order valence-corrected chi connectivity index (χ3v) is 6.84. The second-order valence-electron chi connectivity index (χ2n) is 6.82. The van der Waals surface area contributed by atoms with Gasteiger partial charge in [0.1, 0.15) is 5.82 Å². The Morgan fingerprint density at radius 1 is 0.938 bits per heavy atom. The first-order chi connectivity index (χ1) is 15.2. The molecule has 0 aliphatic rings. The largest absolute Gasteiger partial charge is 0.493 e. The Labute approximate surface area is 185 Å². The van der Waals surface area contributed by atoms with Gasteiger partial charge in [0.05, 0.1) is 35.8 Å². The van der Waals surface area contributed by atoms with Crippen molar-refractivity contribution in [3.8, 4) is 11.5 Å². The van der Waals surface area contributed by atoms with Crippen molar-refractivity contribution in [3.05, 3.63) is 88.2 Å². The molecule has 10 heteroatoms. The fourth-order valence-electron chi connectivity index (χ4n) is 3.26. The maximum atomic E-state index is 13.6. The number of nitro benzene ring substituents is 1. The summed E-state index contributed by atoms with van der Waals surface area (Å²) in [4.78, 5) is 10.2. The van der Waals surface area contributed by atoms with Crippen molar-refractivity contribution in [2.24, 2.45) is 0 Å². The zero-order chi connectivity index (χ0) is 23.5. The Morgan fingerprint density at radius 3 is 2.06 bits per heavy atom. The number of benzene rings is 3. The van der Waals surface area contributed by atoms with Crippen LogP contribution < -0.4 is 13.8 Å². The summed E-state index contributed by atoms with van der Waals surface area (Å²) in [6, 6.07) is 13.9. The van der Waals surface area contributed by atoms with E-state index in [0.29, 0.717) is 17.1 Å². The summed E-state index contributed by atoms with van der Waals surface area (Å²) in [5, 5.41) is 10.9. The van der Waals surface area contributed by atoms with E-state index in [9.17, 15) is 22.9 Å². The molecule has 0 spiro atoms. The zero-order valence-electron chi connectivity index (χ0n) is 17.6. The average Bonchev–Trinajstić information content (AvgIpc) is 2.79. The lowest BCUT2D eigenvalue weighted by atomic mass is 10.1. The molecule has 0 bridgehead atoms. The summed E-state index contributed by atoms with van der Waals surface area (Å²) >= 11 is 0. The quantitative estimate of drug-likeness (QED) is 0.357. The summed E-state index contributed by atoms with van der Waals surface area (Å²) in [7, 11) is -1.22. The lowest BCUT2D eigenvalue weighted by Crippen LogP contribution is -2.33. The van der Waals surface area contributed by atoms with Gasteiger partial charge in [-0.3, -0.25) is 14.4 Å². The van der Waals surface area contributed by atoms with Crippen molar-refractivity contribution >= 4 is 21.4 Å². The minimum atomic E-state index is -4.18. The number of sulfonamides is 1. The highest BCUT2D eigenvalue weighted by Gasteiger charge is 2.31. The molecule has 0 amide bonds. The van der Waals surface area contributed by atoms with Crippen LogP contribution in [-0.2, 0) is 10.0 Å². The standard InChI is InChI=1S/C22H21FN2O6S/c1-15(16-4-13-21(30-2)22(14-16)31-3)24(18-7-5-17(23)6-8-18)32(28,29)20-11-9-19(10-12-20)25(26)27/h4-15H,1-3H3/t15-/m0/s1. The van der Waals surface area contributed by atoms with Gasteiger partial charge in [-0.15, -0.1) is 0 Å². The van der Waals surface area contributed by atoms with Gasteiger partial charge in [-0.1, -0.05) is 6.07 Å². The number of ether oxygens (including phenoxy) is 2. The number of nitrogens with zero attached hydrogens (tertiary/aromatic N) is 2. The molecule has 0 aliphatic heterocycles. The van der Waals surface area contributed by atoms with Crippen LogP contribution in [0.4, 0.5) is 15.8 Å². The van der Waals surface area contributed by atoms with Crippen molar-refractivity contribution in [2.75, 3.05) is 18.5 Å². The van der Waals surface area contributed by atoms with E-state index in [0.717, 1.165) is 28.6 Å². The highest BCUT2D eigenvalue weighted by molar-refractivity contribution is 7.92. The van der Waals surface area contributed by atoms with Crippen molar-refractivity contribution in [3.63, 3.8) is 0 Å². The topological polar surface area (TPSA) is 99.0 Å². The third kappa shape index (κ3) is 4.50. The Balaban J connectivity index is 2.13. The SMILES string of the molecule is COc1ccc([C@H](C)N(c2ccc(F)cc2)S(=O)(=O)c2ccc([N+](=O)[O-])cc2)cc1OC. The third-order valence-electron chi connectivity index (χ3n) is 4.93. The van der Waals surface area contributed by atoms with E-state index in [1.807, 2.05) is 0 Å². The Hall–Kier alpha value is -3.66. The monoisotopic (exact) mass is 460 g/mol. The molecule has 0 saturated heterocycles. The summed E-state index contributed by atoms with van der Waals surface area (Å²) in [6.07, 6.45) is 0. The Bertz CT molecular complexity index is 1210. The molecule has 32 heavy (non-hydrogen) atoms. The van der Waals surface area contributed by atoms with E-state index >= 15 is 0 Å². The Morgan fingerprint density at radius 2 is 1.53 bits per heavy atom. The van der Waals surface area contributed by atoms with Crippen LogP contribution in [0.3, 0.4) is 0 Å². The van der Waals surface area contributed by atoms with Crippen LogP contribution in [0, 0.1) is 15.9 Å². The summed E-state index contributed by atoms with van der Waals surface area (Å²) in [6.45, 7) is 1.67. The van der Waals surface area contributed by atoms with Crippen molar-refractivity contribution in [1.29, 1.82) is 0 Å². The lowest BCUT2D eigenvalue weighted by molar-refractivity contribution is -0.384. The number of hydrogen-bond acceptors (Lipinski definition) is 6. The molecular weight excluding hydrogens is 439 g/mol.